The van der Waals surface area contributed by atoms with Crippen LogP contribution in [0, 0.1) is 19.8 Å². The fourth-order valence-corrected chi connectivity index (χ4v) is 3.73. The van der Waals surface area contributed by atoms with Gasteiger partial charge in [-0.3, -0.25) is 14.3 Å². The number of rotatable bonds is 4. The van der Waals surface area contributed by atoms with Crippen LogP contribution in [0.2, 0.25) is 0 Å². The molecule has 6 nitrogen and oxygen atoms in total. The number of aromatic nitrogens is 2. The Bertz CT molecular complexity index is 798. The zero-order valence-corrected chi connectivity index (χ0v) is 14.8. The summed E-state index contributed by atoms with van der Waals surface area (Å²) >= 11 is 0. The number of aliphatic carboxylic acids is 1. The first-order valence-corrected chi connectivity index (χ1v) is 8.55. The maximum atomic E-state index is 13.0. The zero-order valence-electron chi connectivity index (χ0n) is 14.8. The second kappa shape index (κ2) is 6.70. The van der Waals surface area contributed by atoms with Gasteiger partial charge in [0.1, 0.15) is 0 Å². The van der Waals surface area contributed by atoms with E-state index in [4.69, 9.17) is 0 Å². The predicted molar refractivity (Wildman–Crippen MR) is 93.6 cm³/mol. The lowest BCUT2D eigenvalue weighted by atomic mass is 9.89. The number of carboxylic acids is 1. The molecule has 0 spiro atoms. The van der Waals surface area contributed by atoms with Crippen LogP contribution in [0.5, 0.6) is 0 Å². The summed E-state index contributed by atoms with van der Waals surface area (Å²) < 4.78 is 1.81. The Balaban J connectivity index is 1.90. The molecule has 6 heteroatoms. The van der Waals surface area contributed by atoms with E-state index in [1.807, 2.05) is 55.8 Å². The summed E-state index contributed by atoms with van der Waals surface area (Å²) in [5.74, 6) is -1.76. The standard InChI is InChI=1S/C19H23N3O3/c1-4-22-13(3)17(12(2)20-22)18(23)21-10-15(16(11-21)19(24)25)14-8-6-5-7-9-14/h5-9,15-16H,4,10-11H2,1-3H3,(H,24,25). The molecule has 25 heavy (non-hydrogen) atoms. The van der Waals surface area contributed by atoms with Crippen LogP contribution in [0.4, 0.5) is 0 Å². The molecule has 3 rings (SSSR count). The lowest BCUT2D eigenvalue weighted by molar-refractivity contribution is -0.141. The number of likely N-dealkylation sites (tertiary alicyclic amines) is 1. The Kier molecular flexibility index (Phi) is 4.61. The summed E-state index contributed by atoms with van der Waals surface area (Å²) in [7, 11) is 0. The first-order chi connectivity index (χ1) is 11.9. The van der Waals surface area contributed by atoms with Crippen molar-refractivity contribution in [2.45, 2.75) is 33.2 Å². The highest BCUT2D eigenvalue weighted by atomic mass is 16.4. The van der Waals surface area contributed by atoms with Crippen molar-refractivity contribution in [3.05, 3.63) is 52.8 Å². The highest BCUT2D eigenvalue weighted by Crippen LogP contribution is 2.34. The third-order valence-electron chi connectivity index (χ3n) is 5.05. The molecule has 2 unspecified atom stereocenters. The van der Waals surface area contributed by atoms with Gasteiger partial charge < -0.3 is 10.0 Å². The normalized spacial score (nSPS) is 20.0. The van der Waals surface area contributed by atoms with Crippen LogP contribution < -0.4 is 0 Å². The number of carbonyl (C=O) groups excluding carboxylic acids is 1. The van der Waals surface area contributed by atoms with E-state index in [-0.39, 0.29) is 18.4 Å². The van der Waals surface area contributed by atoms with Gasteiger partial charge in [-0.15, -0.1) is 0 Å². The second-order valence-corrected chi connectivity index (χ2v) is 6.53. The van der Waals surface area contributed by atoms with Crippen molar-refractivity contribution >= 4 is 11.9 Å². The van der Waals surface area contributed by atoms with Crippen molar-refractivity contribution in [3.63, 3.8) is 0 Å². The smallest absolute Gasteiger partial charge is 0.308 e. The number of carboxylic acid groups (broad SMARTS) is 1. The molecular weight excluding hydrogens is 318 g/mol. The molecule has 1 aliphatic heterocycles. The fourth-order valence-electron chi connectivity index (χ4n) is 3.73. The molecule has 0 saturated carbocycles. The molecule has 1 saturated heterocycles. The minimum Gasteiger partial charge on any atom is -0.481 e. The van der Waals surface area contributed by atoms with Gasteiger partial charge in [-0.25, -0.2) is 0 Å². The number of aryl methyl sites for hydroxylation is 2. The zero-order chi connectivity index (χ0) is 18.1. The lowest BCUT2D eigenvalue weighted by Crippen LogP contribution is -2.30. The molecule has 1 fully saturated rings. The Labute approximate surface area is 147 Å². The topological polar surface area (TPSA) is 75.4 Å². The van der Waals surface area contributed by atoms with Gasteiger partial charge in [0.25, 0.3) is 5.91 Å². The highest BCUT2D eigenvalue weighted by Gasteiger charge is 2.41. The minimum atomic E-state index is -0.859. The third kappa shape index (κ3) is 3.04. The van der Waals surface area contributed by atoms with Crippen LogP contribution >= 0.6 is 0 Å². The SMILES string of the molecule is CCn1nc(C)c(C(=O)N2CC(C(=O)O)C(c3ccccc3)C2)c1C. The van der Waals surface area contributed by atoms with Crippen molar-refractivity contribution in [1.82, 2.24) is 14.7 Å². The molecule has 0 bridgehead atoms. The van der Waals surface area contributed by atoms with E-state index in [2.05, 4.69) is 5.10 Å². The number of carbonyl (C=O) groups is 2. The number of amides is 1. The number of hydrogen-bond donors (Lipinski definition) is 1. The molecule has 1 aromatic heterocycles. The fraction of sp³-hybridized carbons (Fsp3) is 0.421. The number of nitrogens with zero attached hydrogens (tertiary/aromatic N) is 3. The lowest BCUT2D eigenvalue weighted by Gasteiger charge is -2.17. The highest BCUT2D eigenvalue weighted by molar-refractivity contribution is 5.97. The van der Waals surface area contributed by atoms with Crippen molar-refractivity contribution in [2.75, 3.05) is 13.1 Å². The van der Waals surface area contributed by atoms with Crippen LogP contribution in [0.1, 0.15) is 40.2 Å². The van der Waals surface area contributed by atoms with Gasteiger partial charge in [-0.05, 0) is 26.3 Å². The molecule has 2 atom stereocenters. The molecule has 0 aliphatic carbocycles. The van der Waals surface area contributed by atoms with Crippen molar-refractivity contribution in [1.29, 1.82) is 0 Å². The summed E-state index contributed by atoms with van der Waals surface area (Å²) in [5, 5.41) is 14.0. The third-order valence-corrected chi connectivity index (χ3v) is 5.05. The molecular formula is C19H23N3O3. The van der Waals surface area contributed by atoms with Gasteiger partial charge in [-0.2, -0.15) is 5.10 Å². The molecule has 1 aromatic carbocycles. The van der Waals surface area contributed by atoms with Gasteiger partial charge >= 0.3 is 5.97 Å². The number of benzene rings is 1. The minimum absolute atomic E-state index is 0.126. The van der Waals surface area contributed by atoms with E-state index >= 15 is 0 Å². The average molecular weight is 341 g/mol. The molecule has 2 heterocycles. The van der Waals surface area contributed by atoms with Crippen molar-refractivity contribution in [3.8, 4) is 0 Å². The van der Waals surface area contributed by atoms with Crippen LogP contribution in [-0.4, -0.2) is 44.8 Å². The van der Waals surface area contributed by atoms with Crippen LogP contribution in [0.15, 0.2) is 30.3 Å². The second-order valence-electron chi connectivity index (χ2n) is 6.53. The summed E-state index contributed by atoms with van der Waals surface area (Å²) in [6.07, 6.45) is 0. The molecule has 1 amide bonds. The first kappa shape index (κ1) is 17.2. The summed E-state index contributed by atoms with van der Waals surface area (Å²) in [5.41, 5.74) is 3.09. The maximum Gasteiger partial charge on any atom is 0.308 e. The molecule has 132 valence electrons. The monoisotopic (exact) mass is 341 g/mol. The van der Waals surface area contributed by atoms with Gasteiger partial charge in [0, 0.05) is 31.2 Å². The van der Waals surface area contributed by atoms with Gasteiger partial charge in [-0.1, -0.05) is 30.3 Å². The molecule has 1 aliphatic rings. The molecule has 1 N–H and O–H groups in total. The van der Waals surface area contributed by atoms with E-state index in [0.29, 0.717) is 24.3 Å². The Morgan fingerprint density at radius 3 is 2.44 bits per heavy atom. The summed E-state index contributed by atoms with van der Waals surface area (Å²) in [6.45, 7) is 7.03. The van der Waals surface area contributed by atoms with E-state index < -0.39 is 11.9 Å². The first-order valence-electron chi connectivity index (χ1n) is 8.55. The Morgan fingerprint density at radius 1 is 1.20 bits per heavy atom. The summed E-state index contributed by atoms with van der Waals surface area (Å²) in [6, 6.07) is 9.57. The van der Waals surface area contributed by atoms with Gasteiger partial charge in [0.2, 0.25) is 0 Å². The molecule has 2 aromatic rings. The quantitative estimate of drug-likeness (QED) is 0.927. The van der Waals surface area contributed by atoms with Crippen LogP contribution in [-0.2, 0) is 11.3 Å². The van der Waals surface area contributed by atoms with E-state index in [1.165, 1.54) is 0 Å². The Morgan fingerprint density at radius 2 is 1.88 bits per heavy atom. The van der Waals surface area contributed by atoms with E-state index in [0.717, 1.165) is 11.3 Å². The maximum absolute atomic E-state index is 13.0. The number of hydrogen-bond acceptors (Lipinski definition) is 3. The van der Waals surface area contributed by atoms with Crippen molar-refractivity contribution in [2.24, 2.45) is 5.92 Å². The van der Waals surface area contributed by atoms with Crippen LogP contribution in [0.25, 0.3) is 0 Å². The van der Waals surface area contributed by atoms with Crippen LogP contribution in [0.3, 0.4) is 0 Å². The molecule has 0 radical (unpaired) electrons. The van der Waals surface area contributed by atoms with Crippen molar-refractivity contribution < 1.29 is 14.7 Å². The van der Waals surface area contributed by atoms with Gasteiger partial charge in [0.05, 0.1) is 17.2 Å². The van der Waals surface area contributed by atoms with Gasteiger partial charge in [0.15, 0.2) is 0 Å². The average Bonchev–Trinajstić information content (AvgIpc) is 3.17. The van der Waals surface area contributed by atoms with E-state index in [1.54, 1.807) is 4.90 Å². The van der Waals surface area contributed by atoms with E-state index in [9.17, 15) is 14.7 Å². The largest absolute Gasteiger partial charge is 0.481 e. The predicted octanol–water partition coefficient (Wildman–Crippen LogP) is 2.46. The Hall–Kier alpha value is -2.63. The summed E-state index contributed by atoms with van der Waals surface area (Å²) in [4.78, 5) is 26.4.